The molecule has 1 atom stereocenters. The number of aromatic nitrogens is 2. The molecule has 2 aliphatic heterocycles. The van der Waals surface area contributed by atoms with Crippen molar-refractivity contribution in [3.63, 3.8) is 0 Å². The number of H-pyrrole nitrogens is 1. The van der Waals surface area contributed by atoms with Crippen LogP contribution in [0.3, 0.4) is 0 Å². The summed E-state index contributed by atoms with van der Waals surface area (Å²) in [6.07, 6.45) is 0.867. The molecule has 1 aromatic heterocycles. The Kier molecular flexibility index (Phi) is 4.56. The molecule has 3 heterocycles. The van der Waals surface area contributed by atoms with Gasteiger partial charge in [0.05, 0.1) is 0 Å². The first-order valence-electron chi connectivity index (χ1n) is 7.58. The van der Waals surface area contributed by atoms with Crippen molar-refractivity contribution >= 4 is 23.7 Å². The van der Waals surface area contributed by atoms with Crippen LogP contribution in [0.5, 0.6) is 0 Å². The summed E-state index contributed by atoms with van der Waals surface area (Å²) in [6, 6.07) is 1.61. The highest BCUT2D eigenvalue weighted by atomic mass is 32.2. The first-order valence-corrected chi connectivity index (χ1v) is 8.73. The van der Waals surface area contributed by atoms with Crippen LogP contribution in [0, 0.1) is 6.92 Å². The van der Waals surface area contributed by atoms with Crippen molar-refractivity contribution in [1.29, 1.82) is 0 Å². The van der Waals surface area contributed by atoms with Crippen LogP contribution in [0.15, 0.2) is 10.9 Å². The molecule has 2 aliphatic rings. The molecule has 0 aliphatic carbocycles. The summed E-state index contributed by atoms with van der Waals surface area (Å²) in [5.41, 5.74) is 0.567. The van der Waals surface area contributed by atoms with Gasteiger partial charge in [0.25, 0.3) is 5.56 Å². The summed E-state index contributed by atoms with van der Waals surface area (Å²) in [7, 11) is 0. The first kappa shape index (κ1) is 15.2. The third-order valence-corrected chi connectivity index (χ3v) is 4.91. The molecular formula is C14H21N5O2S. The number of thioether (sulfide) groups is 1. The maximum absolute atomic E-state index is 12.2. The van der Waals surface area contributed by atoms with Gasteiger partial charge in [-0.05, 0) is 13.3 Å². The fourth-order valence-corrected chi connectivity index (χ4v) is 3.72. The van der Waals surface area contributed by atoms with Crippen LogP contribution < -0.4 is 15.8 Å². The maximum Gasteiger partial charge on any atom is 0.317 e. The Morgan fingerprint density at radius 3 is 2.91 bits per heavy atom. The third kappa shape index (κ3) is 3.55. The zero-order valence-corrected chi connectivity index (χ0v) is 13.5. The van der Waals surface area contributed by atoms with Crippen LogP contribution in [0.25, 0.3) is 0 Å². The molecule has 0 aromatic carbocycles. The maximum atomic E-state index is 12.2. The molecule has 7 nitrogen and oxygen atoms in total. The van der Waals surface area contributed by atoms with Crippen molar-refractivity contribution < 1.29 is 4.79 Å². The number of carbonyl (C=O) groups is 1. The molecule has 0 bridgehead atoms. The molecule has 0 saturated carbocycles. The van der Waals surface area contributed by atoms with E-state index in [1.807, 2.05) is 28.5 Å². The van der Waals surface area contributed by atoms with Crippen molar-refractivity contribution in [2.24, 2.45) is 0 Å². The lowest BCUT2D eigenvalue weighted by Crippen LogP contribution is -2.48. The number of urea groups is 1. The number of aryl methyl sites for hydroxylation is 1. The van der Waals surface area contributed by atoms with Crippen molar-refractivity contribution in [3.05, 3.63) is 22.1 Å². The number of carbonyl (C=O) groups excluding carboxylic acids is 1. The minimum absolute atomic E-state index is 0.0258. The summed E-state index contributed by atoms with van der Waals surface area (Å²) >= 11 is 1.89. The number of rotatable bonds is 2. The van der Waals surface area contributed by atoms with Gasteiger partial charge in [-0.25, -0.2) is 9.78 Å². The van der Waals surface area contributed by atoms with Gasteiger partial charge in [-0.2, -0.15) is 11.8 Å². The molecule has 1 aromatic rings. The standard InChI is InChI=1S/C14H21N5O2S/c1-10-8-12(20)17-13(15-10)19-3-2-11(9-19)16-14(21)18-4-6-22-7-5-18/h8,11H,2-7,9H2,1H3,(H,16,21)(H,15,17,20). The summed E-state index contributed by atoms with van der Waals surface area (Å²) in [5.74, 6) is 2.62. The molecule has 2 amide bonds. The van der Waals surface area contributed by atoms with Crippen LogP contribution in [0.2, 0.25) is 0 Å². The Labute approximate surface area is 133 Å². The van der Waals surface area contributed by atoms with Crippen LogP contribution in [0.1, 0.15) is 12.1 Å². The Hall–Kier alpha value is -1.70. The van der Waals surface area contributed by atoms with Gasteiger partial charge in [0, 0.05) is 55.5 Å². The monoisotopic (exact) mass is 323 g/mol. The van der Waals surface area contributed by atoms with E-state index in [1.165, 1.54) is 6.07 Å². The molecular weight excluding hydrogens is 302 g/mol. The summed E-state index contributed by atoms with van der Waals surface area (Å²) in [5, 5.41) is 3.09. The van der Waals surface area contributed by atoms with Crippen LogP contribution in [-0.2, 0) is 0 Å². The number of hydrogen-bond donors (Lipinski definition) is 2. The molecule has 0 radical (unpaired) electrons. The second kappa shape index (κ2) is 6.60. The SMILES string of the molecule is Cc1cc(=O)[nH]c(N2CCC(NC(=O)N3CCSCC3)C2)n1. The Morgan fingerprint density at radius 1 is 1.41 bits per heavy atom. The van der Waals surface area contributed by atoms with E-state index in [4.69, 9.17) is 0 Å². The minimum Gasteiger partial charge on any atom is -0.340 e. The summed E-state index contributed by atoms with van der Waals surface area (Å²) in [6.45, 7) is 4.91. The molecule has 2 fully saturated rings. The average Bonchev–Trinajstić information content (AvgIpc) is 2.96. The number of amides is 2. The van der Waals surface area contributed by atoms with Gasteiger partial charge in [-0.1, -0.05) is 0 Å². The van der Waals surface area contributed by atoms with Gasteiger partial charge in [-0.15, -0.1) is 0 Å². The molecule has 2 saturated heterocycles. The molecule has 8 heteroatoms. The van der Waals surface area contributed by atoms with E-state index in [0.29, 0.717) is 18.2 Å². The Morgan fingerprint density at radius 2 is 2.18 bits per heavy atom. The van der Waals surface area contributed by atoms with Gasteiger partial charge in [0.2, 0.25) is 5.95 Å². The van der Waals surface area contributed by atoms with E-state index in [-0.39, 0.29) is 17.6 Å². The smallest absolute Gasteiger partial charge is 0.317 e. The number of hydrogen-bond acceptors (Lipinski definition) is 5. The van der Waals surface area contributed by atoms with Crippen molar-refractivity contribution in [2.75, 3.05) is 42.6 Å². The average molecular weight is 323 g/mol. The highest BCUT2D eigenvalue weighted by Crippen LogP contribution is 2.16. The van der Waals surface area contributed by atoms with Gasteiger partial charge in [0.1, 0.15) is 0 Å². The van der Waals surface area contributed by atoms with Gasteiger partial charge in [-0.3, -0.25) is 9.78 Å². The molecule has 22 heavy (non-hydrogen) atoms. The third-order valence-electron chi connectivity index (χ3n) is 3.97. The predicted molar refractivity (Wildman–Crippen MR) is 87.6 cm³/mol. The Balaban J connectivity index is 1.57. The second-order valence-corrected chi connectivity index (χ2v) is 6.92. The fraction of sp³-hybridized carbons (Fsp3) is 0.643. The normalized spacial score (nSPS) is 22.0. The number of aromatic amines is 1. The van der Waals surface area contributed by atoms with E-state index >= 15 is 0 Å². The highest BCUT2D eigenvalue weighted by Gasteiger charge is 2.27. The number of nitrogens with one attached hydrogen (secondary N) is 2. The van der Waals surface area contributed by atoms with Crippen molar-refractivity contribution in [3.8, 4) is 0 Å². The quantitative estimate of drug-likeness (QED) is 0.824. The molecule has 1 unspecified atom stereocenters. The highest BCUT2D eigenvalue weighted by molar-refractivity contribution is 7.99. The lowest BCUT2D eigenvalue weighted by atomic mass is 10.3. The van der Waals surface area contributed by atoms with Crippen molar-refractivity contribution in [2.45, 2.75) is 19.4 Å². The van der Waals surface area contributed by atoms with Gasteiger partial charge < -0.3 is 15.1 Å². The predicted octanol–water partition coefficient (Wildman–Crippen LogP) is 0.415. The summed E-state index contributed by atoms with van der Waals surface area (Å²) in [4.78, 5) is 34.8. The van der Waals surface area contributed by atoms with Gasteiger partial charge >= 0.3 is 6.03 Å². The largest absolute Gasteiger partial charge is 0.340 e. The minimum atomic E-state index is -0.138. The van der Waals surface area contributed by atoms with E-state index in [1.54, 1.807) is 0 Å². The molecule has 120 valence electrons. The first-order chi connectivity index (χ1) is 10.6. The number of nitrogens with zero attached hydrogens (tertiary/aromatic N) is 3. The van der Waals surface area contributed by atoms with E-state index in [2.05, 4.69) is 15.3 Å². The van der Waals surface area contributed by atoms with Crippen LogP contribution in [0.4, 0.5) is 10.7 Å². The topological polar surface area (TPSA) is 81.3 Å². The molecule has 0 spiro atoms. The fourth-order valence-electron chi connectivity index (χ4n) is 2.82. The number of anilines is 1. The van der Waals surface area contributed by atoms with Crippen molar-refractivity contribution in [1.82, 2.24) is 20.2 Å². The van der Waals surface area contributed by atoms with Gasteiger partial charge in [0.15, 0.2) is 0 Å². The summed E-state index contributed by atoms with van der Waals surface area (Å²) < 4.78 is 0. The van der Waals surface area contributed by atoms with E-state index in [9.17, 15) is 9.59 Å². The molecule has 2 N–H and O–H groups in total. The lowest BCUT2D eigenvalue weighted by Gasteiger charge is -2.28. The van der Waals surface area contributed by atoms with Crippen LogP contribution in [-0.4, -0.2) is 64.6 Å². The van der Waals surface area contributed by atoms with E-state index in [0.717, 1.165) is 37.6 Å². The zero-order chi connectivity index (χ0) is 15.5. The lowest BCUT2D eigenvalue weighted by molar-refractivity contribution is 0.199. The second-order valence-electron chi connectivity index (χ2n) is 5.69. The Bertz CT molecular complexity index is 599. The van der Waals surface area contributed by atoms with Crippen LogP contribution >= 0.6 is 11.8 Å². The van der Waals surface area contributed by atoms with E-state index < -0.39 is 0 Å². The molecule has 3 rings (SSSR count). The zero-order valence-electron chi connectivity index (χ0n) is 12.7.